The minimum atomic E-state index is -0.250. The van der Waals surface area contributed by atoms with Gasteiger partial charge in [0.25, 0.3) is 0 Å². The second-order valence-corrected chi connectivity index (χ2v) is 10.9. The summed E-state index contributed by atoms with van der Waals surface area (Å²) >= 11 is 0. The second kappa shape index (κ2) is 11.0. The van der Waals surface area contributed by atoms with Crippen molar-refractivity contribution in [2.24, 2.45) is 35.5 Å². The van der Waals surface area contributed by atoms with Crippen molar-refractivity contribution in [3.8, 4) is 0 Å². The van der Waals surface area contributed by atoms with Gasteiger partial charge in [-0.25, -0.2) is 4.79 Å². The summed E-state index contributed by atoms with van der Waals surface area (Å²) in [5.74, 6) is 4.21. The predicted octanol–water partition coefficient (Wildman–Crippen LogP) is 6.33. The van der Waals surface area contributed by atoms with Crippen molar-refractivity contribution < 1.29 is 9.53 Å². The van der Waals surface area contributed by atoms with Crippen LogP contribution in [-0.4, -0.2) is 36.1 Å². The lowest BCUT2D eigenvalue weighted by Crippen LogP contribution is -2.56. The van der Waals surface area contributed by atoms with E-state index in [1.54, 1.807) is 6.92 Å². The number of carbonyl (C=O) groups excluding carboxylic acids is 1. The van der Waals surface area contributed by atoms with Gasteiger partial charge in [0.15, 0.2) is 0 Å². The zero-order chi connectivity index (χ0) is 21.7. The number of ether oxygens (including phenoxy) is 1. The van der Waals surface area contributed by atoms with E-state index >= 15 is 0 Å². The summed E-state index contributed by atoms with van der Waals surface area (Å²) in [6.07, 6.45) is 7.94. The quantitative estimate of drug-likeness (QED) is 0.349. The molecular weight excluding hydrogens is 358 g/mol. The smallest absolute Gasteiger partial charge is 0.333 e. The standard InChI is InChI=1S/C26H47NO2/c1-17(2)22-11-9-20(7)15-24(22)27(13-14-29-26(28)19(5)6)25-16-21(8)10-12-23(25)18(3)4/h17-18,20-25H,5,9-16H2,1-4,6-8H3. The van der Waals surface area contributed by atoms with Crippen LogP contribution < -0.4 is 0 Å². The van der Waals surface area contributed by atoms with Crippen molar-refractivity contribution >= 4 is 5.97 Å². The molecule has 3 heteroatoms. The van der Waals surface area contributed by atoms with Gasteiger partial charge in [-0.3, -0.25) is 4.90 Å². The fourth-order valence-electron chi connectivity index (χ4n) is 6.01. The average molecular weight is 406 g/mol. The van der Waals surface area contributed by atoms with Crippen LogP contribution in [0.5, 0.6) is 0 Å². The minimum absolute atomic E-state index is 0.250. The first-order valence-corrected chi connectivity index (χ1v) is 12.2. The first kappa shape index (κ1) is 24.4. The molecule has 2 aliphatic carbocycles. The topological polar surface area (TPSA) is 29.5 Å². The van der Waals surface area contributed by atoms with Crippen LogP contribution in [0.2, 0.25) is 0 Å². The first-order valence-electron chi connectivity index (χ1n) is 12.2. The van der Waals surface area contributed by atoms with E-state index in [0.29, 0.717) is 36.1 Å². The van der Waals surface area contributed by atoms with E-state index in [-0.39, 0.29) is 5.97 Å². The monoisotopic (exact) mass is 405 g/mol. The Balaban J connectivity index is 2.27. The number of nitrogens with zero attached hydrogens (tertiary/aromatic N) is 1. The highest BCUT2D eigenvalue weighted by molar-refractivity contribution is 5.86. The SMILES string of the molecule is C=C(C)C(=O)OCCN(C1CC(C)CCC1C(C)C)C1CC(C)CCC1C(C)C. The van der Waals surface area contributed by atoms with E-state index in [9.17, 15) is 4.79 Å². The fourth-order valence-corrected chi connectivity index (χ4v) is 6.01. The van der Waals surface area contributed by atoms with E-state index in [1.165, 1.54) is 38.5 Å². The van der Waals surface area contributed by atoms with Gasteiger partial charge in [0.1, 0.15) is 6.61 Å². The maximum Gasteiger partial charge on any atom is 0.333 e. The van der Waals surface area contributed by atoms with Gasteiger partial charge in [0, 0.05) is 24.2 Å². The van der Waals surface area contributed by atoms with E-state index in [0.717, 1.165) is 30.2 Å². The highest BCUT2D eigenvalue weighted by atomic mass is 16.5. The fraction of sp³-hybridized carbons (Fsp3) is 0.885. The number of esters is 1. The predicted molar refractivity (Wildman–Crippen MR) is 123 cm³/mol. The van der Waals surface area contributed by atoms with Gasteiger partial charge >= 0.3 is 5.97 Å². The van der Waals surface area contributed by atoms with Crippen LogP contribution in [0.1, 0.15) is 87.0 Å². The molecule has 0 saturated heterocycles. The molecule has 0 aliphatic heterocycles. The number of carbonyl (C=O) groups is 1. The third-order valence-corrected chi connectivity index (χ3v) is 7.76. The van der Waals surface area contributed by atoms with Crippen molar-refractivity contribution in [2.75, 3.05) is 13.2 Å². The molecule has 0 aromatic carbocycles. The maximum absolute atomic E-state index is 12.0. The summed E-state index contributed by atoms with van der Waals surface area (Å²) in [4.78, 5) is 14.8. The maximum atomic E-state index is 12.0. The van der Waals surface area contributed by atoms with Gasteiger partial charge in [-0.1, -0.05) is 61.0 Å². The average Bonchev–Trinajstić information content (AvgIpc) is 2.64. The molecule has 6 unspecified atom stereocenters. The molecule has 168 valence electrons. The summed E-state index contributed by atoms with van der Waals surface area (Å²) in [6, 6.07) is 1.22. The zero-order valence-electron chi connectivity index (χ0n) is 20.2. The molecule has 0 radical (unpaired) electrons. The molecular formula is C26H47NO2. The van der Waals surface area contributed by atoms with Gasteiger partial charge in [-0.2, -0.15) is 0 Å². The van der Waals surface area contributed by atoms with Crippen molar-refractivity contribution in [1.29, 1.82) is 0 Å². The lowest BCUT2D eigenvalue weighted by molar-refractivity contribution is -0.140. The molecule has 6 atom stereocenters. The van der Waals surface area contributed by atoms with Gasteiger partial charge in [0.2, 0.25) is 0 Å². The number of rotatable bonds is 8. The molecule has 2 fully saturated rings. The summed E-state index contributed by atoms with van der Waals surface area (Å²) in [5.41, 5.74) is 0.495. The molecule has 0 aromatic rings. The van der Waals surface area contributed by atoms with Gasteiger partial charge < -0.3 is 4.74 Å². The van der Waals surface area contributed by atoms with Crippen LogP contribution in [0.3, 0.4) is 0 Å². The van der Waals surface area contributed by atoms with Crippen LogP contribution in [0, 0.1) is 35.5 Å². The van der Waals surface area contributed by atoms with Crippen LogP contribution >= 0.6 is 0 Å². The minimum Gasteiger partial charge on any atom is -0.461 e. The zero-order valence-corrected chi connectivity index (χ0v) is 20.2. The Morgan fingerprint density at radius 1 is 0.931 bits per heavy atom. The van der Waals surface area contributed by atoms with Gasteiger partial charge in [0.05, 0.1) is 0 Å². The van der Waals surface area contributed by atoms with Crippen LogP contribution in [-0.2, 0) is 9.53 Å². The Bertz CT molecular complexity index is 509. The number of hydrogen-bond donors (Lipinski definition) is 0. The third-order valence-electron chi connectivity index (χ3n) is 7.76. The highest BCUT2D eigenvalue weighted by Crippen LogP contribution is 2.42. The molecule has 29 heavy (non-hydrogen) atoms. The van der Waals surface area contributed by atoms with Gasteiger partial charge in [-0.15, -0.1) is 0 Å². The summed E-state index contributed by atoms with van der Waals surface area (Å²) in [6.45, 7) is 21.3. The summed E-state index contributed by atoms with van der Waals surface area (Å²) in [7, 11) is 0. The Kier molecular flexibility index (Phi) is 9.25. The Hall–Kier alpha value is -0.830. The highest BCUT2D eigenvalue weighted by Gasteiger charge is 2.42. The van der Waals surface area contributed by atoms with E-state index in [2.05, 4.69) is 53.0 Å². The number of hydrogen-bond acceptors (Lipinski definition) is 3. The molecule has 2 saturated carbocycles. The summed E-state index contributed by atoms with van der Waals surface area (Å²) in [5, 5.41) is 0. The molecule has 0 bridgehead atoms. The Morgan fingerprint density at radius 2 is 1.38 bits per heavy atom. The summed E-state index contributed by atoms with van der Waals surface area (Å²) < 4.78 is 5.58. The van der Waals surface area contributed by atoms with Crippen molar-refractivity contribution in [1.82, 2.24) is 4.90 Å². The molecule has 0 aromatic heterocycles. The van der Waals surface area contributed by atoms with Crippen molar-refractivity contribution in [2.45, 2.75) is 99.1 Å². The largest absolute Gasteiger partial charge is 0.461 e. The molecule has 2 aliphatic rings. The van der Waals surface area contributed by atoms with Gasteiger partial charge in [-0.05, 0) is 68.1 Å². The second-order valence-electron chi connectivity index (χ2n) is 10.9. The Morgan fingerprint density at radius 3 is 1.76 bits per heavy atom. The lowest BCUT2D eigenvalue weighted by Gasteiger charge is -2.51. The van der Waals surface area contributed by atoms with E-state index < -0.39 is 0 Å². The molecule has 3 nitrogen and oxygen atoms in total. The third kappa shape index (κ3) is 6.57. The normalized spacial score (nSPS) is 33.3. The molecule has 0 amide bonds. The van der Waals surface area contributed by atoms with E-state index in [4.69, 9.17) is 4.74 Å². The molecule has 2 rings (SSSR count). The lowest BCUT2D eigenvalue weighted by atomic mass is 9.69. The molecule has 0 N–H and O–H groups in total. The first-order chi connectivity index (χ1) is 13.6. The van der Waals surface area contributed by atoms with Crippen LogP contribution in [0.4, 0.5) is 0 Å². The van der Waals surface area contributed by atoms with Crippen LogP contribution in [0.15, 0.2) is 12.2 Å². The molecule has 0 spiro atoms. The van der Waals surface area contributed by atoms with Crippen LogP contribution in [0.25, 0.3) is 0 Å². The van der Waals surface area contributed by atoms with E-state index in [1.807, 2.05) is 0 Å². The van der Waals surface area contributed by atoms with Crippen molar-refractivity contribution in [3.63, 3.8) is 0 Å². The molecule has 0 heterocycles. The van der Waals surface area contributed by atoms with Crippen molar-refractivity contribution in [3.05, 3.63) is 12.2 Å². The Labute approximate surface area is 180 Å².